The van der Waals surface area contributed by atoms with Crippen LogP contribution in [0.1, 0.15) is 64.0 Å². The smallest absolute Gasteiger partial charge is 0.408 e. The third-order valence-corrected chi connectivity index (χ3v) is 11.1. The summed E-state index contributed by atoms with van der Waals surface area (Å²) in [6.07, 6.45) is 0.874. The summed E-state index contributed by atoms with van der Waals surface area (Å²) < 4.78 is 6.27. The zero-order chi connectivity index (χ0) is 39.2. The van der Waals surface area contributed by atoms with E-state index in [1.165, 1.54) is 12.1 Å². The first-order chi connectivity index (χ1) is 27.2. The Morgan fingerprint density at radius 2 is 1.71 bits per heavy atom. The van der Waals surface area contributed by atoms with Crippen LogP contribution >= 0.6 is 0 Å². The maximum atomic E-state index is 13.4. The molecule has 292 valence electrons. The van der Waals surface area contributed by atoms with Crippen molar-refractivity contribution in [2.45, 2.75) is 44.1 Å². The average Bonchev–Trinajstić information content (AvgIpc) is 3.22. The number of carbonyl (C=O) groups excluding carboxylic acids is 1. The van der Waals surface area contributed by atoms with E-state index in [1.807, 2.05) is 72.8 Å². The van der Waals surface area contributed by atoms with E-state index in [-0.39, 0.29) is 41.9 Å². The number of rotatable bonds is 15. The van der Waals surface area contributed by atoms with E-state index >= 15 is 0 Å². The molecule has 3 atom stereocenters. The summed E-state index contributed by atoms with van der Waals surface area (Å²) in [7, 11) is 1.76. The number of phenolic OH excluding ortho intramolecular Hbond substituents is 1. The number of aliphatic hydroxyl groups excluding tert-OH is 1. The molecule has 3 aliphatic heterocycles. The number of aromatic amines is 1. The highest BCUT2D eigenvalue weighted by Gasteiger charge is 2.43. The van der Waals surface area contributed by atoms with Crippen LogP contribution in [0, 0.1) is 5.92 Å². The Bertz CT molecular complexity index is 2200. The van der Waals surface area contributed by atoms with Gasteiger partial charge in [0.1, 0.15) is 18.1 Å². The number of H-pyrrole nitrogens is 1. The fraction of sp³-hybridized carbons (Fsp3) is 0.341. The van der Waals surface area contributed by atoms with Gasteiger partial charge in [0.05, 0.1) is 23.7 Å². The molecular weight excluding hydrogens is 711 g/mol. The summed E-state index contributed by atoms with van der Waals surface area (Å²) in [5, 5.41) is 35.4. The molecule has 3 aliphatic rings. The Kier molecular flexibility index (Phi) is 12.0. The fourth-order valence-electron chi connectivity index (χ4n) is 8.24. The third kappa shape index (κ3) is 8.73. The first-order valence-corrected chi connectivity index (χ1v) is 19.3. The minimum Gasteiger partial charge on any atom is -0.506 e. The van der Waals surface area contributed by atoms with Gasteiger partial charge in [-0.05, 0) is 103 Å². The van der Waals surface area contributed by atoms with Crippen LogP contribution < -0.4 is 15.6 Å². The van der Waals surface area contributed by atoms with Crippen molar-refractivity contribution >= 4 is 22.9 Å². The fourth-order valence-corrected chi connectivity index (χ4v) is 8.24. The predicted octanol–water partition coefficient (Wildman–Crippen LogP) is 5.76. The molecule has 3 saturated heterocycles. The first-order valence-electron chi connectivity index (χ1n) is 19.3. The molecule has 0 saturated carbocycles. The van der Waals surface area contributed by atoms with Gasteiger partial charge in [-0.1, -0.05) is 60.7 Å². The molecule has 12 nitrogen and oxygen atoms in total. The number of aromatic hydroxyl groups is 1. The van der Waals surface area contributed by atoms with E-state index in [9.17, 15) is 29.7 Å². The number of benzene rings is 4. The molecule has 8 rings (SSSR count). The largest absolute Gasteiger partial charge is 0.506 e. The standard InChI is InChI=1S/C44H49N5O7/c1-47(21-7-20-45-26-39(51)35-14-16-38(50)41-36(35)15-17-40(52)46-41)43(53)33-12-5-8-29(24-33)28-56-34-13-6-11-32(25-34)42(31-9-3-2-4-10-31)49(44(54)55)37-27-48-22-18-30(37)19-23-48/h2-6,8-17,24-25,30,37,39,42,45,50-51H,7,18-23,26-28H2,1H3,(H,46,52)(H,54,55)/t37-,39-,42-/m0/s1. The first kappa shape index (κ1) is 38.6. The number of amides is 2. The Hall–Kier alpha value is -5.69. The van der Waals surface area contributed by atoms with Crippen LogP contribution in [0.3, 0.4) is 0 Å². The average molecular weight is 760 g/mol. The number of phenols is 1. The maximum absolute atomic E-state index is 13.4. The lowest BCUT2D eigenvalue weighted by Gasteiger charge is -2.50. The molecule has 0 unspecified atom stereocenters. The molecule has 4 aromatic carbocycles. The van der Waals surface area contributed by atoms with Gasteiger partial charge in [-0.25, -0.2) is 4.79 Å². The summed E-state index contributed by atoms with van der Waals surface area (Å²) in [6, 6.07) is 30.3. The van der Waals surface area contributed by atoms with Crippen molar-refractivity contribution in [3.05, 3.63) is 141 Å². The van der Waals surface area contributed by atoms with Crippen LogP contribution in [-0.2, 0) is 6.61 Å². The summed E-state index contributed by atoms with van der Waals surface area (Å²) in [6.45, 7) is 4.33. The van der Waals surface area contributed by atoms with E-state index in [2.05, 4.69) is 15.2 Å². The van der Waals surface area contributed by atoms with Gasteiger partial charge in [-0.15, -0.1) is 0 Å². The number of ether oxygens (including phenoxy) is 1. The maximum Gasteiger partial charge on any atom is 0.408 e. The topological polar surface area (TPSA) is 159 Å². The number of aromatic nitrogens is 1. The SMILES string of the molecule is CN(CCCNC[C@H](O)c1ccc(O)c2[nH]c(=O)ccc12)C(=O)c1cccc(COc2cccc([C@H](c3ccccc3)N(C(=O)O)[C@H]3CN4CCC3CC4)c2)c1. The molecule has 1 aromatic heterocycles. The predicted molar refractivity (Wildman–Crippen MR) is 214 cm³/mol. The van der Waals surface area contributed by atoms with Gasteiger partial charge < -0.3 is 40.2 Å². The van der Waals surface area contributed by atoms with Crippen molar-refractivity contribution in [3.8, 4) is 11.5 Å². The van der Waals surface area contributed by atoms with Gasteiger partial charge in [0.2, 0.25) is 5.56 Å². The molecule has 0 aliphatic carbocycles. The van der Waals surface area contributed by atoms with E-state index in [1.54, 1.807) is 35.0 Å². The zero-order valence-corrected chi connectivity index (χ0v) is 31.5. The number of nitrogens with one attached hydrogen (secondary N) is 2. The highest BCUT2D eigenvalue weighted by molar-refractivity contribution is 5.94. The second-order valence-corrected chi connectivity index (χ2v) is 14.9. The zero-order valence-electron chi connectivity index (χ0n) is 31.5. The van der Waals surface area contributed by atoms with Crippen molar-refractivity contribution in [1.29, 1.82) is 0 Å². The second-order valence-electron chi connectivity index (χ2n) is 14.9. The number of carbonyl (C=O) groups is 2. The van der Waals surface area contributed by atoms with Crippen LogP contribution in [0.15, 0.2) is 108 Å². The van der Waals surface area contributed by atoms with Gasteiger partial charge in [0, 0.05) is 43.7 Å². The van der Waals surface area contributed by atoms with Crippen molar-refractivity contribution in [1.82, 2.24) is 25.0 Å². The second kappa shape index (κ2) is 17.4. The van der Waals surface area contributed by atoms with Gasteiger partial charge >= 0.3 is 6.09 Å². The van der Waals surface area contributed by atoms with Crippen LogP contribution in [0.2, 0.25) is 0 Å². The van der Waals surface area contributed by atoms with Crippen LogP contribution in [-0.4, -0.2) is 99.4 Å². The van der Waals surface area contributed by atoms with E-state index in [0.29, 0.717) is 47.7 Å². The van der Waals surface area contributed by atoms with Gasteiger partial charge in [0.25, 0.3) is 5.91 Å². The van der Waals surface area contributed by atoms with Crippen LogP contribution in [0.5, 0.6) is 11.5 Å². The Morgan fingerprint density at radius 1 is 0.946 bits per heavy atom. The minimum absolute atomic E-state index is 0.0598. The van der Waals surface area contributed by atoms with Gasteiger partial charge in [-0.2, -0.15) is 0 Å². The summed E-state index contributed by atoms with van der Waals surface area (Å²) in [4.78, 5) is 46.4. The molecule has 5 aromatic rings. The lowest BCUT2D eigenvalue weighted by Crippen LogP contribution is -2.59. The summed E-state index contributed by atoms with van der Waals surface area (Å²) in [5.41, 5.74) is 3.66. The van der Waals surface area contributed by atoms with Crippen LogP contribution in [0.4, 0.5) is 4.79 Å². The Morgan fingerprint density at radius 3 is 2.46 bits per heavy atom. The number of aliphatic hydroxyl groups is 1. The van der Waals surface area contributed by atoms with Gasteiger partial charge in [-0.3, -0.25) is 14.5 Å². The Labute approximate surface area is 326 Å². The van der Waals surface area contributed by atoms with Crippen LogP contribution in [0.25, 0.3) is 10.9 Å². The van der Waals surface area contributed by atoms with Crippen molar-refractivity contribution < 1.29 is 29.6 Å². The molecule has 0 radical (unpaired) electrons. The number of nitrogens with zero attached hydrogens (tertiary/aromatic N) is 3. The lowest BCUT2D eigenvalue weighted by atomic mass is 9.81. The molecule has 4 heterocycles. The van der Waals surface area contributed by atoms with Crippen molar-refractivity contribution in [2.75, 3.05) is 46.3 Å². The normalized spacial score (nSPS) is 18.6. The highest BCUT2D eigenvalue weighted by atomic mass is 16.5. The number of fused-ring (bicyclic) bond motifs is 4. The third-order valence-electron chi connectivity index (χ3n) is 11.1. The number of piperidine rings is 3. The molecule has 56 heavy (non-hydrogen) atoms. The van der Waals surface area contributed by atoms with Crippen molar-refractivity contribution in [2.24, 2.45) is 5.92 Å². The van der Waals surface area contributed by atoms with Crippen molar-refractivity contribution in [3.63, 3.8) is 0 Å². The molecule has 12 heteroatoms. The molecule has 2 bridgehead atoms. The summed E-state index contributed by atoms with van der Waals surface area (Å²) >= 11 is 0. The van der Waals surface area contributed by atoms with E-state index in [0.717, 1.165) is 49.2 Å². The quantitative estimate of drug-likeness (QED) is 0.0837. The lowest BCUT2D eigenvalue weighted by molar-refractivity contribution is -0.000814. The summed E-state index contributed by atoms with van der Waals surface area (Å²) in [5.74, 6) is 0.768. The molecule has 0 spiro atoms. The molecular formula is C44H49N5O7. The van der Waals surface area contributed by atoms with Gasteiger partial charge in [0.15, 0.2) is 0 Å². The monoisotopic (exact) mass is 759 g/mol. The number of hydrogen-bond acceptors (Lipinski definition) is 8. The number of carboxylic acid groups (broad SMARTS) is 1. The molecule has 2 amide bonds. The highest BCUT2D eigenvalue weighted by Crippen LogP contribution is 2.39. The number of hydrogen-bond donors (Lipinski definition) is 5. The minimum atomic E-state index is -0.926. The van der Waals surface area contributed by atoms with E-state index < -0.39 is 18.2 Å². The number of pyridine rings is 1. The molecule has 3 fully saturated rings. The Balaban J connectivity index is 0.947. The van der Waals surface area contributed by atoms with E-state index in [4.69, 9.17) is 4.74 Å². The molecule has 5 N–H and O–H groups in total.